The molecule has 3 heterocycles. The highest BCUT2D eigenvalue weighted by Crippen LogP contribution is 2.33. The highest BCUT2D eigenvalue weighted by atomic mass is 32.1. The third-order valence-electron chi connectivity index (χ3n) is 5.28. The molecule has 2 fully saturated rings. The number of anilines is 1. The third-order valence-corrected chi connectivity index (χ3v) is 6.36. The van der Waals surface area contributed by atoms with Crippen molar-refractivity contribution in [1.29, 1.82) is 0 Å². The van der Waals surface area contributed by atoms with E-state index in [-0.39, 0.29) is 5.91 Å². The van der Waals surface area contributed by atoms with E-state index in [4.69, 9.17) is 4.52 Å². The minimum absolute atomic E-state index is 0.0585. The molecule has 4 rings (SSSR count). The van der Waals surface area contributed by atoms with Crippen molar-refractivity contribution in [2.75, 3.05) is 18.4 Å². The van der Waals surface area contributed by atoms with Crippen LogP contribution in [0.1, 0.15) is 73.4 Å². The van der Waals surface area contributed by atoms with Crippen LogP contribution in [0.25, 0.3) is 0 Å². The summed E-state index contributed by atoms with van der Waals surface area (Å²) in [4.78, 5) is 22.3. The minimum Gasteiger partial charge on any atom is -0.339 e. The molecule has 0 bridgehead atoms. The van der Waals surface area contributed by atoms with Gasteiger partial charge >= 0.3 is 0 Å². The number of piperidine rings is 1. The van der Waals surface area contributed by atoms with Gasteiger partial charge in [0.15, 0.2) is 11.0 Å². The lowest BCUT2D eigenvalue weighted by atomic mass is 9.97. The van der Waals surface area contributed by atoms with Gasteiger partial charge in [-0.25, -0.2) is 4.98 Å². The first-order chi connectivity index (χ1) is 12.8. The molecule has 0 aromatic carbocycles. The Bertz CT molecular complexity index is 732. The Morgan fingerprint density at radius 1 is 1.23 bits per heavy atom. The molecule has 1 saturated carbocycles. The van der Waals surface area contributed by atoms with Crippen molar-refractivity contribution in [1.82, 2.24) is 20.4 Å². The lowest BCUT2D eigenvalue weighted by molar-refractivity contribution is -0.116. The first-order valence-corrected chi connectivity index (χ1v) is 10.4. The molecular formula is C18H25N5O2S. The Morgan fingerprint density at radius 2 is 2.04 bits per heavy atom. The fraction of sp³-hybridized carbons (Fsp3) is 0.667. The Morgan fingerprint density at radius 3 is 2.85 bits per heavy atom. The molecular weight excluding hydrogens is 350 g/mol. The number of aryl methyl sites for hydroxylation is 1. The number of carbonyl (C=O) groups excluding carboxylic acids is 1. The average molecular weight is 375 g/mol. The van der Waals surface area contributed by atoms with Gasteiger partial charge in [0.05, 0.1) is 0 Å². The van der Waals surface area contributed by atoms with E-state index in [1.165, 1.54) is 17.7 Å². The molecule has 26 heavy (non-hydrogen) atoms. The number of aromatic nitrogens is 3. The zero-order valence-corrected chi connectivity index (χ0v) is 15.7. The average Bonchev–Trinajstić information content (AvgIpc) is 3.41. The predicted molar refractivity (Wildman–Crippen MR) is 99.4 cm³/mol. The van der Waals surface area contributed by atoms with Gasteiger partial charge < -0.3 is 15.2 Å². The molecule has 0 spiro atoms. The van der Waals surface area contributed by atoms with Gasteiger partial charge in [0, 0.05) is 29.8 Å². The van der Waals surface area contributed by atoms with E-state index < -0.39 is 0 Å². The highest BCUT2D eigenvalue weighted by Gasteiger charge is 2.22. The van der Waals surface area contributed by atoms with E-state index in [9.17, 15) is 4.79 Å². The van der Waals surface area contributed by atoms with E-state index >= 15 is 0 Å². The maximum atomic E-state index is 12.2. The van der Waals surface area contributed by atoms with Crippen molar-refractivity contribution in [3.63, 3.8) is 0 Å². The van der Waals surface area contributed by atoms with Gasteiger partial charge in [0.2, 0.25) is 11.8 Å². The predicted octanol–water partition coefficient (Wildman–Crippen LogP) is 3.22. The summed E-state index contributed by atoms with van der Waals surface area (Å²) in [7, 11) is 0. The van der Waals surface area contributed by atoms with Crippen LogP contribution in [0.4, 0.5) is 5.13 Å². The van der Waals surface area contributed by atoms with Crippen molar-refractivity contribution in [3.05, 3.63) is 22.8 Å². The van der Waals surface area contributed by atoms with E-state index in [0.717, 1.165) is 44.6 Å². The molecule has 2 N–H and O–H groups in total. The SMILES string of the molecule is O=C(CCc1nc(C2CCCC2)no1)Nc1ncc(C2CCNCC2)s1. The molecule has 1 saturated heterocycles. The zero-order valence-electron chi connectivity index (χ0n) is 14.9. The molecule has 2 aliphatic rings. The summed E-state index contributed by atoms with van der Waals surface area (Å²) in [6, 6.07) is 0. The topological polar surface area (TPSA) is 92.9 Å². The van der Waals surface area contributed by atoms with Crippen LogP contribution in [-0.2, 0) is 11.2 Å². The molecule has 0 atom stereocenters. The molecule has 1 aliphatic carbocycles. The number of nitrogens with zero attached hydrogens (tertiary/aromatic N) is 3. The summed E-state index contributed by atoms with van der Waals surface area (Å²) >= 11 is 1.59. The monoisotopic (exact) mass is 375 g/mol. The van der Waals surface area contributed by atoms with Gasteiger partial charge in [-0.2, -0.15) is 4.98 Å². The van der Waals surface area contributed by atoms with Crippen LogP contribution in [0, 0.1) is 0 Å². The summed E-state index contributed by atoms with van der Waals surface area (Å²) in [5.41, 5.74) is 0. The van der Waals surface area contributed by atoms with E-state index in [1.807, 2.05) is 6.20 Å². The Hall–Kier alpha value is -1.80. The van der Waals surface area contributed by atoms with Gasteiger partial charge in [0.25, 0.3) is 0 Å². The van der Waals surface area contributed by atoms with Crippen LogP contribution < -0.4 is 10.6 Å². The number of rotatable bonds is 6. The van der Waals surface area contributed by atoms with Crippen LogP contribution in [-0.4, -0.2) is 34.1 Å². The summed E-state index contributed by atoms with van der Waals surface area (Å²) in [6.45, 7) is 2.11. The summed E-state index contributed by atoms with van der Waals surface area (Å²) in [5.74, 6) is 2.30. The lowest BCUT2D eigenvalue weighted by Crippen LogP contribution is -2.26. The Balaban J connectivity index is 1.25. The number of nitrogens with one attached hydrogen (secondary N) is 2. The second-order valence-electron chi connectivity index (χ2n) is 7.17. The summed E-state index contributed by atoms with van der Waals surface area (Å²) in [6.07, 6.45) is 9.74. The Kier molecular flexibility index (Phi) is 5.59. The van der Waals surface area contributed by atoms with Crippen molar-refractivity contribution < 1.29 is 9.32 Å². The largest absolute Gasteiger partial charge is 0.339 e. The number of hydrogen-bond acceptors (Lipinski definition) is 7. The fourth-order valence-electron chi connectivity index (χ4n) is 3.76. The van der Waals surface area contributed by atoms with E-state index in [0.29, 0.717) is 35.7 Å². The zero-order chi connectivity index (χ0) is 17.8. The molecule has 8 heteroatoms. The molecule has 0 unspecified atom stereocenters. The number of carbonyl (C=O) groups is 1. The molecule has 2 aromatic heterocycles. The number of amides is 1. The second kappa shape index (κ2) is 8.26. The van der Waals surface area contributed by atoms with Gasteiger partial charge in [-0.15, -0.1) is 11.3 Å². The van der Waals surface area contributed by atoms with Crippen molar-refractivity contribution >= 4 is 22.4 Å². The highest BCUT2D eigenvalue weighted by molar-refractivity contribution is 7.15. The standard InChI is InChI=1S/C18H25N5O2S/c24-15(5-6-16-22-17(23-25-16)13-3-1-2-4-13)21-18-20-11-14(26-18)12-7-9-19-10-8-12/h11-13,19H,1-10H2,(H,20,21,24). The maximum Gasteiger partial charge on any atom is 0.227 e. The normalized spacial score (nSPS) is 19.1. The smallest absolute Gasteiger partial charge is 0.227 e. The molecule has 7 nitrogen and oxygen atoms in total. The van der Waals surface area contributed by atoms with Crippen LogP contribution in [0.5, 0.6) is 0 Å². The molecule has 1 aliphatic heterocycles. The maximum absolute atomic E-state index is 12.2. The van der Waals surface area contributed by atoms with Crippen LogP contribution in [0.3, 0.4) is 0 Å². The molecule has 0 radical (unpaired) electrons. The first-order valence-electron chi connectivity index (χ1n) is 9.56. The number of thiazole rings is 1. The van der Waals surface area contributed by atoms with Crippen LogP contribution in [0.15, 0.2) is 10.7 Å². The summed E-state index contributed by atoms with van der Waals surface area (Å²) < 4.78 is 5.30. The van der Waals surface area contributed by atoms with E-state index in [2.05, 4.69) is 25.8 Å². The molecule has 140 valence electrons. The second-order valence-corrected chi connectivity index (χ2v) is 8.23. The van der Waals surface area contributed by atoms with Crippen molar-refractivity contribution in [3.8, 4) is 0 Å². The molecule has 1 amide bonds. The first kappa shape index (κ1) is 17.6. The fourth-order valence-corrected chi connectivity index (χ4v) is 4.76. The molecule has 2 aromatic rings. The summed E-state index contributed by atoms with van der Waals surface area (Å²) in [5, 5.41) is 11.0. The van der Waals surface area contributed by atoms with Crippen LogP contribution >= 0.6 is 11.3 Å². The third kappa shape index (κ3) is 4.29. The van der Waals surface area contributed by atoms with Gasteiger partial charge in [-0.3, -0.25) is 4.79 Å². The van der Waals surface area contributed by atoms with Crippen molar-refractivity contribution in [2.45, 2.75) is 63.2 Å². The van der Waals surface area contributed by atoms with Crippen LogP contribution in [0.2, 0.25) is 0 Å². The van der Waals surface area contributed by atoms with Gasteiger partial charge in [-0.1, -0.05) is 18.0 Å². The van der Waals surface area contributed by atoms with E-state index in [1.54, 1.807) is 11.3 Å². The lowest BCUT2D eigenvalue weighted by Gasteiger charge is -2.20. The van der Waals surface area contributed by atoms with Gasteiger partial charge in [-0.05, 0) is 44.7 Å². The van der Waals surface area contributed by atoms with Crippen molar-refractivity contribution in [2.24, 2.45) is 0 Å². The minimum atomic E-state index is -0.0585. The van der Waals surface area contributed by atoms with Gasteiger partial charge in [0.1, 0.15) is 0 Å². The number of hydrogen-bond donors (Lipinski definition) is 2. The Labute approximate surface area is 157 Å². The quantitative estimate of drug-likeness (QED) is 0.805.